The van der Waals surface area contributed by atoms with E-state index in [9.17, 15) is 0 Å². The number of nitrogens with one attached hydrogen (secondary N) is 1. The van der Waals surface area contributed by atoms with E-state index in [-0.39, 0.29) is 6.04 Å². The summed E-state index contributed by atoms with van der Waals surface area (Å²) in [6.45, 7) is 5.18. The summed E-state index contributed by atoms with van der Waals surface area (Å²) in [7, 11) is 1.80. The average Bonchev–Trinajstić information content (AvgIpc) is 2.82. The van der Waals surface area contributed by atoms with Gasteiger partial charge in [0.1, 0.15) is 6.33 Å². The standard InChI is InChI=1S/C13H19N5O/c1-4-7-14-10(2)11-6-5-8-15-12(11)19-13-16-9-18(3)17-13/h5-6,8-10,14H,4,7H2,1-3H3. The van der Waals surface area contributed by atoms with E-state index in [4.69, 9.17) is 4.74 Å². The average molecular weight is 261 g/mol. The summed E-state index contributed by atoms with van der Waals surface area (Å²) in [6.07, 6.45) is 4.38. The summed E-state index contributed by atoms with van der Waals surface area (Å²) in [5.74, 6) is 0.546. The highest BCUT2D eigenvalue weighted by molar-refractivity contribution is 5.30. The van der Waals surface area contributed by atoms with Crippen LogP contribution in [0.3, 0.4) is 0 Å². The number of pyridine rings is 1. The number of ether oxygens (including phenoxy) is 1. The lowest BCUT2D eigenvalue weighted by Crippen LogP contribution is -2.20. The molecular formula is C13H19N5O. The van der Waals surface area contributed by atoms with Crippen LogP contribution in [0.2, 0.25) is 0 Å². The van der Waals surface area contributed by atoms with Crippen LogP contribution in [-0.2, 0) is 7.05 Å². The first-order chi connectivity index (χ1) is 9.20. The first kappa shape index (κ1) is 13.5. The number of hydrogen-bond donors (Lipinski definition) is 1. The van der Waals surface area contributed by atoms with Crippen LogP contribution in [0.15, 0.2) is 24.7 Å². The zero-order valence-electron chi connectivity index (χ0n) is 11.5. The molecule has 1 unspecified atom stereocenters. The molecule has 2 heterocycles. The maximum absolute atomic E-state index is 5.64. The second-order valence-electron chi connectivity index (χ2n) is 4.38. The molecule has 102 valence electrons. The van der Waals surface area contributed by atoms with Gasteiger partial charge in [0.25, 0.3) is 0 Å². The van der Waals surface area contributed by atoms with E-state index in [1.54, 1.807) is 24.3 Å². The fraction of sp³-hybridized carbons (Fsp3) is 0.462. The fourth-order valence-corrected chi connectivity index (χ4v) is 1.74. The Labute approximate surface area is 112 Å². The Balaban J connectivity index is 2.16. The maximum Gasteiger partial charge on any atom is 0.342 e. The van der Waals surface area contributed by atoms with E-state index in [2.05, 4.69) is 34.2 Å². The summed E-state index contributed by atoms with van der Waals surface area (Å²) in [4.78, 5) is 8.30. The molecule has 0 bridgehead atoms. The molecule has 0 spiro atoms. The van der Waals surface area contributed by atoms with Crippen LogP contribution in [0.5, 0.6) is 11.9 Å². The van der Waals surface area contributed by atoms with Gasteiger partial charge >= 0.3 is 6.01 Å². The van der Waals surface area contributed by atoms with Gasteiger partial charge in [-0.25, -0.2) is 4.98 Å². The summed E-state index contributed by atoms with van der Waals surface area (Å²) in [5, 5.41) is 7.51. The van der Waals surface area contributed by atoms with Crippen LogP contribution >= 0.6 is 0 Å². The zero-order valence-corrected chi connectivity index (χ0v) is 11.5. The fourth-order valence-electron chi connectivity index (χ4n) is 1.74. The van der Waals surface area contributed by atoms with Gasteiger partial charge in [0.15, 0.2) is 0 Å². The Morgan fingerprint density at radius 3 is 2.95 bits per heavy atom. The molecule has 0 fully saturated rings. The van der Waals surface area contributed by atoms with Gasteiger partial charge < -0.3 is 10.1 Å². The van der Waals surface area contributed by atoms with Crippen LogP contribution < -0.4 is 10.1 Å². The second-order valence-corrected chi connectivity index (χ2v) is 4.38. The zero-order chi connectivity index (χ0) is 13.7. The molecule has 0 saturated carbocycles. The van der Waals surface area contributed by atoms with Crippen LogP contribution in [0.4, 0.5) is 0 Å². The number of aryl methyl sites for hydroxylation is 1. The normalized spacial score (nSPS) is 12.4. The molecule has 2 aromatic heterocycles. The number of aromatic nitrogens is 4. The first-order valence-corrected chi connectivity index (χ1v) is 6.42. The van der Waals surface area contributed by atoms with E-state index in [0.29, 0.717) is 11.9 Å². The highest BCUT2D eigenvalue weighted by Crippen LogP contribution is 2.25. The molecule has 0 aliphatic carbocycles. The van der Waals surface area contributed by atoms with Crippen LogP contribution in [0, 0.1) is 0 Å². The predicted molar refractivity (Wildman–Crippen MR) is 72.0 cm³/mol. The van der Waals surface area contributed by atoms with Crippen LogP contribution in [-0.4, -0.2) is 26.3 Å². The van der Waals surface area contributed by atoms with Gasteiger partial charge in [0.2, 0.25) is 5.88 Å². The highest BCUT2D eigenvalue weighted by Gasteiger charge is 2.14. The van der Waals surface area contributed by atoms with Crippen molar-refractivity contribution in [2.24, 2.45) is 7.05 Å². The number of hydrogen-bond acceptors (Lipinski definition) is 5. The minimum atomic E-state index is 0.173. The van der Waals surface area contributed by atoms with E-state index in [1.807, 2.05) is 12.1 Å². The lowest BCUT2D eigenvalue weighted by molar-refractivity contribution is 0.408. The Bertz CT molecular complexity index is 525. The van der Waals surface area contributed by atoms with Crippen molar-refractivity contribution in [2.75, 3.05) is 6.54 Å². The van der Waals surface area contributed by atoms with E-state index < -0.39 is 0 Å². The molecule has 1 N–H and O–H groups in total. The Kier molecular flexibility index (Phi) is 4.46. The first-order valence-electron chi connectivity index (χ1n) is 6.42. The molecule has 19 heavy (non-hydrogen) atoms. The Morgan fingerprint density at radius 1 is 1.42 bits per heavy atom. The van der Waals surface area contributed by atoms with Gasteiger partial charge in [-0.05, 0) is 26.0 Å². The van der Waals surface area contributed by atoms with E-state index in [1.165, 1.54) is 0 Å². The molecule has 0 aliphatic rings. The third kappa shape index (κ3) is 3.51. The highest BCUT2D eigenvalue weighted by atomic mass is 16.5. The molecule has 0 aliphatic heterocycles. The predicted octanol–water partition coefficient (Wildman–Crippen LogP) is 2.06. The molecule has 2 rings (SSSR count). The van der Waals surface area contributed by atoms with E-state index in [0.717, 1.165) is 18.5 Å². The van der Waals surface area contributed by atoms with Gasteiger partial charge in [0.05, 0.1) is 0 Å². The van der Waals surface area contributed by atoms with Crippen LogP contribution in [0.1, 0.15) is 31.9 Å². The van der Waals surface area contributed by atoms with Crippen molar-refractivity contribution in [3.8, 4) is 11.9 Å². The summed E-state index contributed by atoms with van der Waals surface area (Å²) >= 11 is 0. The quantitative estimate of drug-likeness (QED) is 0.862. The van der Waals surface area contributed by atoms with Gasteiger partial charge in [0, 0.05) is 24.8 Å². The second kappa shape index (κ2) is 6.29. The van der Waals surface area contributed by atoms with Gasteiger partial charge in [-0.15, -0.1) is 5.10 Å². The molecular weight excluding hydrogens is 242 g/mol. The van der Waals surface area contributed by atoms with Crippen molar-refractivity contribution in [3.63, 3.8) is 0 Å². The van der Waals surface area contributed by atoms with Crippen LogP contribution in [0.25, 0.3) is 0 Å². The monoisotopic (exact) mass is 261 g/mol. The maximum atomic E-state index is 5.64. The molecule has 1 atom stereocenters. The summed E-state index contributed by atoms with van der Waals surface area (Å²) in [6, 6.07) is 4.38. The molecule has 0 saturated heterocycles. The van der Waals surface area contributed by atoms with Crippen molar-refractivity contribution in [3.05, 3.63) is 30.2 Å². The number of nitrogens with zero attached hydrogens (tertiary/aromatic N) is 4. The Hall–Kier alpha value is -1.95. The summed E-state index contributed by atoms with van der Waals surface area (Å²) < 4.78 is 7.23. The van der Waals surface area contributed by atoms with Crippen molar-refractivity contribution in [1.29, 1.82) is 0 Å². The summed E-state index contributed by atoms with van der Waals surface area (Å²) in [5.41, 5.74) is 1.00. The van der Waals surface area contributed by atoms with E-state index >= 15 is 0 Å². The minimum Gasteiger partial charge on any atom is -0.404 e. The lowest BCUT2D eigenvalue weighted by Gasteiger charge is -2.15. The lowest BCUT2D eigenvalue weighted by atomic mass is 10.1. The largest absolute Gasteiger partial charge is 0.404 e. The molecule has 2 aromatic rings. The minimum absolute atomic E-state index is 0.173. The van der Waals surface area contributed by atoms with Crippen molar-refractivity contribution in [1.82, 2.24) is 25.1 Å². The van der Waals surface area contributed by atoms with Gasteiger partial charge in [-0.1, -0.05) is 13.0 Å². The topological polar surface area (TPSA) is 64.9 Å². The molecule has 0 amide bonds. The molecule has 0 radical (unpaired) electrons. The Morgan fingerprint density at radius 2 is 2.26 bits per heavy atom. The third-order valence-electron chi connectivity index (χ3n) is 2.73. The third-order valence-corrected chi connectivity index (χ3v) is 2.73. The molecule has 6 nitrogen and oxygen atoms in total. The van der Waals surface area contributed by atoms with Crippen molar-refractivity contribution < 1.29 is 4.74 Å². The number of rotatable bonds is 6. The van der Waals surface area contributed by atoms with Crippen molar-refractivity contribution >= 4 is 0 Å². The smallest absolute Gasteiger partial charge is 0.342 e. The molecule has 0 aromatic carbocycles. The van der Waals surface area contributed by atoms with Gasteiger partial charge in [-0.3, -0.25) is 4.68 Å². The van der Waals surface area contributed by atoms with Gasteiger partial charge in [-0.2, -0.15) is 4.98 Å². The van der Waals surface area contributed by atoms with Crippen molar-refractivity contribution in [2.45, 2.75) is 26.3 Å². The molecule has 6 heteroatoms. The SMILES string of the molecule is CCCNC(C)c1cccnc1Oc1ncn(C)n1.